The molecule has 0 spiro atoms. The van der Waals surface area contributed by atoms with Crippen molar-refractivity contribution in [1.29, 1.82) is 0 Å². The Kier molecular flexibility index (Phi) is 6.54. The van der Waals surface area contributed by atoms with Crippen molar-refractivity contribution in [3.8, 4) is 0 Å². The second kappa shape index (κ2) is 9.08. The second-order valence-corrected chi connectivity index (χ2v) is 7.53. The number of amides is 3. The molecule has 1 aliphatic heterocycles. The third-order valence-electron chi connectivity index (χ3n) is 5.06. The number of benzene rings is 2. The molecule has 3 amide bonds. The van der Waals surface area contributed by atoms with Crippen LogP contribution < -0.4 is 11.1 Å². The number of carbonyl (C=O) groups excluding carboxylic acids is 2. The summed E-state index contributed by atoms with van der Waals surface area (Å²) in [6, 6.07) is 15.9. The van der Waals surface area contributed by atoms with Crippen LogP contribution in [0.15, 0.2) is 54.6 Å². The van der Waals surface area contributed by atoms with Gasteiger partial charge in [0.25, 0.3) is 0 Å². The van der Waals surface area contributed by atoms with Crippen LogP contribution in [-0.2, 0) is 4.79 Å². The Hall–Kier alpha value is -2.57. The first-order valence-electron chi connectivity index (χ1n) is 9.28. The van der Waals surface area contributed by atoms with Crippen molar-refractivity contribution in [3.05, 3.63) is 70.7 Å². The second-order valence-electron chi connectivity index (χ2n) is 7.09. The number of nitrogens with zero attached hydrogens (tertiary/aromatic N) is 2. The van der Waals surface area contributed by atoms with E-state index in [4.69, 9.17) is 17.3 Å². The SMILES string of the molecule is CN1CCN(C(=O)C[C@@H](NC(N)=O)c2ccc(Cl)cc2)[C@H](c2ccccc2)C1. The lowest BCUT2D eigenvalue weighted by Crippen LogP contribution is -2.50. The normalized spacial score (nSPS) is 18.5. The van der Waals surface area contributed by atoms with Crippen molar-refractivity contribution < 1.29 is 9.59 Å². The highest BCUT2D eigenvalue weighted by molar-refractivity contribution is 6.30. The molecular weight excluding hydrogens is 376 g/mol. The Balaban J connectivity index is 1.80. The summed E-state index contributed by atoms with van der Waals surface area (Å²) in [5, 5.41) is 3.28. The number of hydrogen-bond donors (Lipinski definition) is 2. The Labute approximate surface area is 170 Å². The molecular formula is C21H25ClN4O2. The molecule has 3 N–H and O–H groups in total. The van der Waals surface area contributed by atoms with Crippen molar-refractivity contribution in [3.63, 3.8) is 0 Å². The lowest BCUT2D eigenvalue weighted by atomic mass is 9.99. The first kappa shape index (κ1) is 20.2. The van der Waals surface area contributed by atoms with Gasteiger partial charge in [0.05, 0.1) is 18.5 Å². The fourth-order valence-electron chi connectivity index (χ4n) is 3.59. The maximum absolute atomic E-state index is 13.2. The highest BCUT2D eigenvalue weighted by atomic mass is 35.5. The van der Waals surface area contributed by atoms with Gasteiger partial charge in [-0.25, -0.2) is 4.79 Å². The number of halogens is 1. The van der Waals surface area contributed by atoms with Crippen LogP contribution in [0.4, 0.5) is 4.79 Å². The molecule has 0 aliphatic carbocycles. The number of primary amides is 1. The molecule has 6 nitrogen and oxygen atoms in total. The monoisotopic (exact) mass is 400 g/mol. The van der Waals surface area contributed by atoms with Gasteiger partial charge in [0.2, 0.25) is 5.91 Å². The summed E-state index contributed by atoms with van der Waals surface area (Å²) >= 11 is 5.96. The standard InChI is InChI=1S/C21H25ClN4O2/c1-25-11-12-26(19(14-25)16-5-3-2-4-6-16)20(27)13-18(24-21(23)28)15-7-9-17(22)10-8-15/h2-10,18-19H,11-14H2,1H3,(H3,23,24,28)/t18-,19+/m1/s1. The predicted molar refractivity (Wildman–Crippen MR) is 110 cm³/mol. The van der Waals surface area contributed by atoms with Crippen LogP contribution in [-0.4, -0.2) is 48.4 Å². The molecule has 2 aromatic rings. The van der Waals surface area contributed by atoms with Crippen molar-refractivity contribution in [2.75, 3.05) is 26.7 Å². The van der Waals surface area contributed by atoms with Gasteiger partial charge in [-0.1, -0.05) is 54.1 Å². The number of rotatable bonds is 5. The average molecular weight is 401 g/mol. The number of piperazine rings is 1. The maximum atomic E-state index is 13.2. The number of hydrogen-bond acceptors (Lipinski definition) is 3. The number of nitrogens with two attached hydrogens (primary N) is 1. The van der Waals surface area contributed by atoms with E-state index in [0.717, 1.165) is 24.2 Å². The molecule has 148 valence electrons. The quantitative estimate of drug-likeness (QED) is 0.809. The molecule has 0 bridgehead atoms. The van der Waals surface area contributed by atoms with Crippen LogP contribution >= 0.6 is 11.6 Å². The average Bonchev–Trinajstić information content (AvgIpc) is 2.68. The van der Waals surface area contributed by atoms with E-state index < -0.39 is 12.1 Å². The molecule has 0 aromatic heterocycles. The highest BCUT2D eigenvalue weighted by Crippen LogP contribution is 2.28. The van der Waals surface area contributed by atoms with E-state index in [1.165, 1.54) is 0 Å². The zero-order valence-electron chi connectivity index (χ0n) is 15.8. The van der Waals surface area contributed by atoms with Crippen molar-refractivity contribution in [1.82, 2.24) is 15.1 Å². The molecule has 3 rings (SSSR count). The fraction of sp³-hybridized carbons (Fsp3) is 0.333. The van der Waals surface area contributed by atoms with Crippen LogP contribution in [0.25, 0.3) is 0 Å². The minimum Gasteiger partial charge on any atom is -0.352 e. The Morgan fingerprint density at radius 3 is 2.46 bits per heavy atom. The third kappa shape index (κ3) is 5.03. The van der Waals surface area contributed by atoms with E-state index in [9.17, 15) is 9.59 Å². The highest BCUT2D eigenvalue weighted by Gasteiger charge is 2.31. The van der Waals surface area contributed by atoms with Gasteiger partial charge in [-0.2, -0.15) is 0 Å². The number of urea groups is 1. The van der Waals surface area contributed by atoms with Crippen LogP contribution in [0.1, 0.15) is 29.6 Å². The van der Waals surface area contributed by atoms with Crippen LogP contribution in [0.3, 0.4) is 0 Å². The maximum Gasteiger partial charge on any atom is 0.312 e. The molecule has 0 unspecified atom stereocenters. The number of nitrogens with one attached hydrogen (secondary N) is 1. The van der Waals surface area contributed by atoms with Gasteiger partial charge in [0.1, 0.15) is 0 Å². The van der Waals surface area contributed by atoms with Crippen LogP contribution in [0.5, 0.6) is 0 Å². The van der Waals surface area contributed by atoms with Gasteiger partial charge in [-0.3, -0.25) is 4.79 Å². The summed E-state index contributed by atoms with van der Waals surface area (Å²) in [5.41, 5.74) is 7.24. The van der Waals surface area contributed by atoms with E-state index >= 15 is 0 Å². The first-order chi connectivity index (χ1) is 13.4. The van der Waals surface area contributed by atoms with Gasteiger partial charge in [-0.05, 0) is 30.3 Å². The molecule has 1 heterocycles. The van der Waals surface area contributed by atoms with E-state index in [1.807, 2.05) is 35.2 Å². The van der Waals surface area contributed by atoms with Crippen molar-refractivity contribution in [2.24, 2.45) is 5.73 Å². The fourth-order valence-corrected chi connectivity index (χ4v) is 3.72. The molecule has 2 aromatic carbocycles. The van der Waals surface area contributed by atoms with E-state index in [2.05, 4.69) is 17.3 Å². The number of likely N-dealkylation sites (N-methyl/N-ethyl adjacent to an activating group) is 1. The largest absolute Gasteiger partial charge is 0.352 e. The minimum absolute atomic E-state index is 0.0179. The lowest BCUT2D eigenvalue weighted by molar-refractivity contribution is -0.136. The Bertz CT molecular complexity index is 813. The molecule has 0 saturated carbocycles. The zero-order chi connectivity index (χ0) is 20.1. The summed E-state index contributed by atoms with van der Waals surface area (Å²) in [5.74, 6) is -0.0179. The van der Waals surface area contributed by atoms with E-state index in [1.54, 1.807) is 24.3 Å². The summed E-state index contributed by atoms with van der Waals surface area (Å²) in [4.78, 5) is 28.8. The lowest BCUT2D eigenvalue weighted by Gasteiger charge is -2.41. The first-order valence-corrected chi connectivity index (χ1v) is 9.66. The van der Waals surface area contributed by atoms with Crippen LogP contribution in [0, 0.1) is 0 Å². The molecule has 1 aliphatic rings. The topological polar surface area (TPSA) is 78.7 Å². The zero-order valence-corrected chi connectivity index (χ0v) is 16.6. The third-order valence-corrected chi connectivity index (χ3v) is 5.31. The molecule has 2 atom stereocenters. The summed E-state index contributed by atoms with van der Waals surface area (Å²) < 4.78 is 0. The Morgan fingerprint density at radius 1 is 1.14 bits per heavy atom. The van der Waals surface area contributed by atoms with Crippen LogP contribution in [0.2, 0.25) is 5.02 Å². The Morgan fingerprint density at radius 2 is 1.82 bits per heavy atom. The van der Waals surface area contributed by atoms with E-state index in [-0.39, 0.29) is 18.4 Å². The molecule has 0 radical (unpaired) electrons. The number of carbonyl (C=O) groups is 2. The summed E-state index contributed by atoms with van der Waals surface area (Å²) in [6.45, 7) is 2.22. The van der Waals surface area contributed by atoms with Gasteiger partial charge in [0, 0.05) is 24.7 Å². The van der Waals surface area contributed by atoms with Gasteiger partial charge < -0.3 is 20.9 Å². The minimum atomic E-state index is -0.661. The van der Waals surface area contributed by atoms with Gasteiger partial charge in [0.15, 0.2) is 0 Å². The summed E-state index contributed by atoms with van der Waals surface area (Å²) in [6.07, 6.45) is 0.137. The summed E-state index contributed by atoms with van der Waals surface area (Å²) in [7, 11) is 2.06. The molecule has 28 heavy (non-hydrogen) atoms. The predicted octanol–water partition coefficient (Wildman–Crippen LogP) is 2.95. The molecule has 7 heteroatoms. The van der Waals surface area contributed by atoms with Crippen molar-refractivity contribution >= 4 is 23.5 Å². The smallest absolute Gasteiger partial charge is 0.312 e. The van der Waals surface area contributed by atoms with Gasteiger partial charge in [-0.15, -0.1) is 0 Å². The molecule has 1 fully saturated rings. The van der Waals surface area contributed by atoms with E-state index in [0.29, 0.717) is 11.6 Å². The van der Waals surface area contributed by atoms with Gasteiger partial charge >= 0.3 is 6.03 Å². The van der Waals surface area contributed by atoms with Crippen molar-refractivity contribution in [2.45, 2.75) is 18.5 Å². The molecule has 1 saturated heterocycles.